The van der Waals surface area contributed by atoms with Crippen molar-refractivity contribution >= 4 is 31.9 Å². The standard InChI is InChI=1S/C12H13Br2F/c1-3-12(2,8-13)7-9-5-4-6-10(15)11(9)14/h3-6H,1,7-8H2,2H3. The van der Waals surface area contributed by atoms with Gasteiger partial charge in [-0.25, -0.2) is 4.39 Å². The Hall–Kier alpha value is -0.150. The maximum absolute atomic E-state index is 13.3. The second-order valence-electron chi connectivity index (χ2n) is 3.88. The van der Waals surface area contributed by atoms with Gasteiger partial charge in [0.1, 0.15) is 5.82 Å². The van der Waals surface area contributed by atoms with Crippen molar-refractivity contribution in [1.29, 1.82) is 0 Å². The lowest BCUT2D eigenvalue weighted by Crippen LogP contribution is -2.18. The van der Waals surface area contributed by atoms with Crippen LogP contribution in [0.3, 0.4) is 0 Å². The van der Waals surface area contributed by atoms with Gasteiger partial charge in [-0.3, -0.25) is 0 Å². The third-order valence-corrected chi connectivity index (χ3v) is 4.59. The Kier molecular flexibility index (Phi) is 4.53. The van der Waals surface area contributed by atoms with Crippen molar-refractivity contribution in [3.05, 3.63) is 46.7 Å². The van der Waals surface area contributed by atoms with Crippen LogP contribution in [-0.4, -0.2) is 5.33 Å². The average Bonchev–Trinajstić information content (AvgIpc) is 2.25. The molecule has 0 heterocycles. The second kappa shape index (κ2) is 5.26. The molecule has 3 heteroatoms. The summed E-state index contributed by atoms with van der Waals surface area (Å²) in [7, 11) is 0. The first-order valence-electron chi connectivity index (χ1n) is 4.65. The Morgan fingerprint density at radius 1 is 1.53 bits per heavy atom. The van der Waals surface area contributed by atoms with Gasteiger partial charge in [0.05, 0.1) is 4.47 Å². The first kappa shape index (κ1) is 12.9. The van der Waals surface area contributed by atoms with Gasteiger partial charge >= 0.3 is 0 Å². The predicted octanol–water partition coefficient (Wildman–Crippen LogP) is 4.72. The van der Waals surface area contributed by atoms with Crippen LogP contribution in [0.2, 0.25) is 0 Å². The van der Waals surface area contributed by atoms with Gasteiger partial charge in [0.2, 0.25) is 0 Å². The van der Waals surface area contributed by atoms with E-state index in [-0.39, 0.29) is 11.2 Å². The fraction of sp³-hybridized carbons (Fsp3) is 0.333. The average molecular weight is 336 g/mol. The van der Waals surface area contributed by atoms with Crippen LogP contribution in [-0.2, 0) is 6.42 Å². The van der Waals surface area contributed by atoms with E-state index in [4.69, 9.17) is 0 Å². The molecule has 15 heavy (non-hydrogen) atoms. The fourth-order valence-corrected chi connectivity index (χ4v) is 2.13. The van der Waals surface area contributed by atoms with Crippen LogP contribution in [0.4, 0.5) is 4.39 Å². The van der Waals surface area contributed by atoms with Gasteiger partial charge in [0, 0.05) is 5.33 Å². The summed E-state index contributed by atoms with van der Waals surface area (Å²) in [6.07, 6.45) is 2.67. The van der Waals surface area contributed by atoms with Crippen LogP contribution in [0.1, 0.15) is 12.5 Å². The lowest BCUT2D eigenvalue weighted by atomic mass is 9.86. The number of rotatable bonds is 4. The molecule has 1 atom stereocenters. The van der Waals surface area contributed by atoms with Gasteiger partial charge in [-0.15, -0.1) is 6.58 Å². The van der Waals surface area contributed by atoms with Gasteiger partial charge in [-0.05, 0) is 39.4 Å². The Morgan fingerprint density at radius 3 is 2.73 bits per heavy atom. The maximum atomic E-state index is 13.3. The topological polar surface area (TPSA) is 0 Å². The van der Waals surface area contributed by atoms with Crippen LogP contribution < -0.4 is 0 Å². The molecular weight excluding hydrogens is 323 g/mol. The molecule has 0 aliphatic heterocycles. The molecule has 1 unspecified atom stereocenters. The number of hydrogen-bond donors (Lipinski definition) is 0. The number of hydrogen-bond acceptors (Lipinski definition) is 0. The molecule has 0 nitrogen and oxygen atoms in total. The molecule has 0 N–H and O–H groups in total. The van der Waals surface area contributed by atoms with Gasteiger partial charge < -0.3 is 0 Å². The van der Waals surface area contributed by atoms with E-state index in [2.05, 4.69) is 45.4 Å². The lowest BCUT2D eigenvalue weighted by molar-refractivity contribution is 0.490. The highest BCUT2D eigenvalue weighted by Gasteiger charge is 2.21. The Morgan fingerprint density at radius 2 is 2.20 bits per heavy atom. The molecule has 1 aromatic rings. The molecule has 0 amide bonds. The van der Waals surface area contributed by atoms with Crippen LogP contribution in [0.15, 0.2) is 35.3 Å². The van der Waals surface area contributed by atoms with E-state index in [1.54, 1.807) is 6.07 Å². The summed E-state index contributed by atoms with van der Waals surface area (Å²) in [5.41, 5.74) is 0.924. The van der Waals surface area contributed by atoms with E-state index in [9.17, 15) is 4.39 Å². The Bertz CT molecular complexity index is 363. The molecule has 1 rings (SSSR count). The lowest BCUT2D eigenvalue weighted by Gasteiger charge is -2.23. The van der Waals surface area contributed by atoms with Crippen molar-refractivity contribution in [2.45, 2.75) is 13.3 Å². The van der Waals surface area contributed by atoms with Crippen LogP contribution in [0.5, 0.6) is 0 Å². The molecule has 0 fully saturated rings. The first-order valence-corrected chi connectivity index (χ1v) is 6.56. The number of benzene rings is 1. The van der Waals surface area contributed by atoms with Crippen LogP contribution in [0.25, 0.3) is 0 Å². The summed E-state index contributed by atoms with van der Waals surface area (Å²) >= 11 is 6.72. The molecular formula is C12H13Br2F. The highest BCUT2D eigenvalue weighted by atomic mass is 79.9. The zero-order chi connectivity index (χ0) is 11.5. The van der Waals surface area contributed by atoms with Crippen molar-refractivity contribution in [2.24, 2.45) is 5.41 Å². The smallest absolute Gasteiger partial charge is 0.137 e. The number of halogens is 3. The van der Waals surface area contributed by atoms with Gasteiger partial charge in [0.25, 0.3) is 0 Å². The van der Waals surface area contributed by atoms with E-state index < -0.39 is 0 Å². The molecule has 0 radical (unpaired) electrons. The highest BCUT2D eigenvalue weighted by molar-refractivity contribution is 9.10. The zero-order valence-electron chi connectivity index (χ0n) is 8.56. The minimum Gasteiger partial charge on any atom is -0.206 e. The SMILES string of the molecule is C=CC(C)(CBr)Cc1cccc(F)c1Br. The summed E-state index contributed by atoms with van der Waals surface area (Å²) in [5, 5.41) is 0.812. The summed E-state index contributed by atoms with van der Waals surface area (Å²) in [6.45, 7) is 5.90. The second-order valence-corrected chi connectivity index (χ2v) is 5.24. The monoisotopic (exact) mass is 334 g/mol. The molecule has 0 aliphatic rings. The molecule has 0 aromatic heterocycles. The first-order chi connectivity index (χ1) is 7.02. The minimum absolute atomic E-state index is 0.0453. The van der Waals surface area contributed by atoms with E-state index >= 15 is 0 Å². The van der Waals surface area contributed by atoms with Gasteiger partial charge in [0.15, 0.2) is 0 Å². The van der Waals surface area contributed by atoms with Crippen molar-refractivity contribution in [3.63, 3.8) is 0 Å². The van der Waals surface area contributed by atoms with Gasteiger partial charge in [-0.2, -0.15) is 0 Å². The number of alkyl halides is 1. The number of allylic oxidation sites excluding steroid dienone is 1. The molecule has 0 saturated heterocycles. The normalized spacial score (nSPS) is 14.7. The summed E-state index contributed by atoms with van der Waals surface area (Å²) < 4.78 is 13.8. The Balaban J connectivity index is 2.98. The molecule has 82 valence electrons. The quantitative estimate of drug-likeness (QED) is 0.551. The molecule has 0 bridgehead atoms. The van der Waals surface area contributed by atoms with Crippen molar-refractivity contribution in [1.82, 2.24) is 0 Å². The summed E-state index contributed by atoms with van der Waals surface area (Å²) in [5.74, 6) is -0.214. The van der Waals surface area contributed by atoms with Crippen molar-refractivity contribution in [2.75, 3.05) is 5.33 Å². The minimum atomic E-state index is -0.214. The fourth-order valence-electron chi connectivity index (χ4n) is 1.29. The van der Waals surface area contributed by atoms with Gasteiger partial charge in [-0.1, -0.05) is 41.1 Å². The molecule has 0 spiro atoms. The molecule has 1 aromatic carbocycles. The summed E-state index contributed by atoms with van der Waals surface area (Å²) in [4.78, 5) is 0. The highest BCUT2D eigenvalue weighted by Crippen LogP contribution is 2.30. The predicted molar refractivity (Wildman–Crippen MR) is 69.9 cm³/mol. The third kappa shape index (κ3) is 3.15. The van der Waals surface area contributed by atoms with E-state index in [0.29, 0.717) is 4.47 Å². The van der Waals surface area contributed by atoms with Crippen molar-refractivity contribution < 1.29 is 4.39 Å². The van der Waals surface area contributed by atoms with E-state index in [1.165, 1.54) is 6.07 Å². The zero-order valence-corrected chi connectivity index (χ0v) is 11.7. The Labute approximate surface area is 107 Å². The molecule has 0 saturated carbocycles. The van der Waals surface area contributed by atoms with E-state index in [0.717, 1.165) is 17.3 Å². The van der Waals surface area contributed by atoms with Crippen LogP contribution in [0, 0.1) is 11.2 Å². The summed E-state index contributed by atoms with van der Waals surface area (Å²) in [6, 6.07) is 5.11. The van der Waals surface area contributed by atoms with Crippen molar-refractivity contribution in [3.8, 4) is 0 Å². The largest absolute Gasteiger partial charge is 0.206 e. The van der Waals surface area contributed by atoms with Crippen LogP contribution >= 0.6 is 31.9 Å². The van der Waals surface area contributed by atoms with E-state index in [1.807, 2.05) is 12.1 Å². The maximum Gasteiger partial charge on any atom is 0.137 e. The molecule has 0 aliphatic carbocycles. The third-order valence-electron chi connectivity index (χ3n) is 2.42.